The van der Waals surface area contributed by atoms with Crippen LogP contribution >= 0.6 is 0 Å². The predicted molar refractivity (Wildman–Crippen MR) is 138 cm³/mol. The van der Waals surface area contributed by atoms with E-state index in [9.17, 15) is 9.18 Å². The molecular formula is C30H22FN3O. The van der Waals surface area contributed by atoms with Crippen LogP contribution in [0.15, 0.2) is 126 Å². The van der Waals surface area contributed by atoms with E-state index in [0.29, 0.717) is 0 Å². The second-order valence-electron chi connectivity index (χ2n) is 7.95. The normalized spacial score (nSPS) is 11.0. The summed E-state index contributed by atoms with van der Waals surface area (Å²) in [6, 6.07) is 37.9. The second-order valence-corrected chi connectivity index (χ2v) is 7.95. The third kappa shape index (κ3) is 4.80. The van der Waals surface area contributed by atoms with E-state index < -0.39 is 11.7 Å². The maximum Gasteiger partial charge on any atom is 0.271 e. The highest BCUT2D eigenvalue weighted by atomic mass is 19.1. The summed E-state index contributed by atoms with van der Waals surface area (Å²) in [5.74, 6) is -0.951. The van der Waals surface area contributed by atoms with E-state index in [1.54, 1.807) is 12.3 Å². The number of carbonyl (C=O) groups excluding carboxylic acids is 1. The van der Waals surface area contributed by atoms with Crippen molar-refractivity contribution in [3.8, 4) is 28.2 Å². The monoisotopic (exact) mass is 459 g/mol. The highest BCUT2D eigenvalue weighted by Crippen LogP contribution is 2.35. The van der Waals surface area contributed by atoms with Crippen molar-refractivity contribution in [3.05, 3.63) is 138 Å². The third-order valence-electron chi connectivity index (χ3n) is 5.62. The number of hydrogen-bond donors (Lipinski definition) is 1. The summed E-state index contributed by atoms with van der Waals surface area (Å²) in [5.41, 5.74) is 8.56. The summed E-state index contributed by atoms with van der Waals surface area (Å²) in [6.45, 7) is 0. The van der Waals surface area contributed by atoms with Gasteiger partial charge in [0.1, 0.15) is 5.82 Å². The lowest BCUT2D eigenvalue weighted by Gasteiger charge is -2.15. The lowest BCUT2D eigenvalue weighted by Crippen LogP contribution is -2.17. The molecule has 0 aliphatic rings. The lowest BCUT2D eigenvalue weighted by molar-refractivity contribution is 0.0954. The molecule has 1 heterocycles. The number of hydrogen-bond acceptors (Lipinski definition) is 2. The summed E-state index contributed by atoms with van der Waals surface area (Å²) >= 11 is 0. The molecule has 170 valence electrons. The molecule has 35 heavy (non-hydrogen) atoms. The molecule has 0 atom stereocenters. The van der Waals surface area contributed by atoms with Gasteiger partial charge in [-0.3, -0.25) is 4.79 Å². The van der Waals surface area contributed by atoms with E-state index in [1.807, 2.05) is 66.7 Å². The van der Waals surface area contributed by atoms with E-state index in [4.69, 9.17) is 0 Å². The lowest BCUT2D eigenvalue weighted by atomic mass is 10.1. The van der Waals surface area contributed by atoms with Crippen molar-refractivity contribution in [2.75, 3.05) is 0 Å². The van der Waals surface area contributed by atoms with Crippen LogP contribution in [0, 0.1) is 5.82 Å². The van der Waals surface area contributed by atoms with Gasteiger partial charge in [0.2, 0.25) is 0 Å². The number of benzene rings is 4. The van der Waals surface area contributed by atoms with Crippen LogP contribution in [0.2, 0.25) is 0 Å². The molecule has 0 saturated carbocycles. The Balaban J connectivity index is 1.62. The van der Waals surface area contributed by atoms with Gasteiger partial charge in [-0.15, -0.1) is 0 Å². The minimum absolute atomic E-state index is 0.206. The average Bonchev–Trinajstić information content (AvgIpc) is 3.29. The molecule has 5 aromatic rings. The maximum atomic E-state index is 13.5. The molecule has 1 N–H and O–H groups in total. The highest BCUT2D eigenvalue weighted by Gasteiger charge is 2.18. The van der Waals surface area contributed by atoms with E-state index >= 15 is 0 Å². The summed E-state index contributed by atoms with van der Waals surface area (Å²) in [6.07, 6.45) is 1.63. The van der Waals surface area contributed by atoms with Crippen LogP contribution in [0.3, 0.4) is 0 Å². The Labute approximate surface area is 203 Å². The van der Waals surface area contributed by atoms with Crippen LogP contribution in [-0.2, 0) is 0 Å². The maximum absolute atomic E-state index is 13.5. The molecule has 0 saturated heterocycles. The van der Waals surface area contributed by atoms with Crippen molar-refractivity contribution in [2.24, 2.45) is 5.10 Å². The van der Waals surface area contributed by atoms with E-state index in [0.717, 1.165) is 33.8 Å². The van der Waals surface area contributed by atoms with Gasteiger partial charge in [-0.05, 0) is 47.5 Å². The van der Waals surface area contributed by atoms with Crippen molar-refractivity contribution < 1.29 is 9.18 Å². The van der Waals surface area contributed by atoms with Gasteiger partial charge in [0.05, 0.1) is 17.6 Å². The van der Waals surface area contributed by atoms with Crippen molar-refractivity contribution >= 4 is 12.1 Å². The van der Waals surface area contributed by atoms with Crippen LogP contribution in [0.5, 0.6) is 0 Å². The summed E-state index contributed by atoms with van der Waals surface area (Å²) < 4.78 is 15.7. The first-order chi connectivity index (χ1) is 17.2. The van der Waals surface area contributed by atoms with Gasteiger partial charge in [0.25, 0.3) is 5.91 Å². The number of para-hydroxylation sites is 1. The standard InChI is InChI=1S/C30H22FN3O/c31-26-16-10-15-24(19-26)30(35)33-32-21-25-20-28(22-11-4-1-5-12-22)34(27-17-8-3-9-18-27)29(25)23-13-6-2-7-14-23/h1-21H,(H,33,35)/b32-21-. The number of rotatable bonds is 6. The minimum Gasteiger partial charge on any atom is -0.309 e. The minimum atomic E-state index is -0.479. The van der Waals surface area contributed by atoms with Crippen LogP contribution in [0.4, 0.5) is 4.39 Å². The third-order valence-corrected chi connectivity index (χ3v) is 5.62. The number of nitrogens with zero attached hydrogens (tertiary/aromatic N) is 2. The number of amides is 1. The zero-order valence-corrected chi connectivity index (χ0v) is 18.8. The topological polar surface area (TPSA) is 46.4 Å². The molecule has 0 aliphatic heterocycles. The van der Waals surface area contributed by atoms with Gasteiger partial charge >= 0.3 is 0 Å². The second kappa shape index (κ2) is 10.0. The van der Waals surface area contributed by atoms with E-state index in [1.165, 1.54) is 18.2 Å². The van der Waals surface area contributed by atoms with E-state index in [-0.39, 0.29) is 5.56 Å². The number of carbonyl (C=O) groups is 1. The number of hydrazone groups is 1. The zero-order chi connectivity index (χ0) is 24.0. The summed E-state index contributed by atoms with van der Waals surface area (Å²) in [7, 11) is 0. The highest BCUT2D eigenvalue weighted by molar-refractivity contribution is 5.97. The number of halogens is 1. The van der Waals surface area contributed by atoms with Gasteiger partial charge in [-0.2, -0.15) is 5.10 Å². The largest absolute Gasteiger partial charge is 0.309 e. The fourth-order valence-corrected chi connectivity index (χ4v) is 4.04. The Hall–Kier alpha value is -4.77. The number of nitrogens with one attached hydrogen (secondary N) is 1. The van der Waals surface area contributed by atoms with Crippen LogP contribution in [0.1, 0.15) is 15.9 Å². The Morgan fingerprint density at radius 1 is 0.743 bits per heavy atom. The fourth-order valence-electron chi connectivity index (χ4n) is 4.04. The molecule has 1 amide bonds. The smallest absolute Gasteiger partial charge is 0.271 e. The fraction of sp³-hybridized carbons (Fsp3) is 0. The molecule has 5 heteroatoms. The SMILES string of the molecule is O=C(N/N=C\c1cc(-c2ccccc2)n(-c2ccccc2)c1-c1ccccc1)c1cccc(F)c1. The average molecular weight is 460 g/mol. The Morgan fingerprint density at radius 2 is 1.37 bits per heavy atom. The van der Waals surface area contributed by atoms with Gasteiger partial charge in [-0.1, -0.05) is 84.9 Å². The Kier molecular flexibility index (Phi) is 6.31. The van der Waals surface area contributed by atoms with E-state index in [2.05, 4.69) is 45.4 Å². The summed E-state index contributed by atoms with van der Waals surface area (Å²) in [5, 5.41) is 4.22. The summed E-state index contributed by atoms with van der Waals surface area (Å²) in [4.78, 5) is 12.5. The van der Waals surface area contributed by atoms with Crippen molar-refractivity contribution in [1.82, 2.24) is 9.99 Å². The first-order valence-corrected chi connectivity index (χ1v) is 11.2. The predicted octanol–water partition coefficient (Wildman–Crippen LogP) is 6.71. The Bertz CT molecular complexity index is 1480. The van der Waals surface area contributed by atoms with Crippen LogP contribution in [-0.4, -0.2) is 16.7 Å². The molecule has 4 aromatic carbocycles. The molecule has 0 fully saturated rings. The molecular weight excluding hydrogens is 437 g/mol. The molecule has 0 unspecified atom stereocenters. The molecule has 5 rings (SSSR count). The first kappa shape index (κ1) is 22.0. The van der Waals surface area contributed by atoms with Gasteiger partial charge in [0.15, 0.2) is 0 Å². The first-order valence-electron chi connectivity index (χ1n) is 11.2. The number of aromatic nitrogens is 1. The molecule has 0 radical (unpaired) electrons. The molecule has 0 bridgehead atoms. The molecule has 0 spiro atoms. The van der Waals surface area contributed by atoms with Crippen molar-refractivity contribution in [1.29, 1.82) is 0 Å². The molecule has 0 aliphatic carbocycles. The van der Waals surface area contributed by atoms with Gasteiger partial charge in [-0.25, -0.2) is 9.82 Å². The van der Waals surface area contributed by atoms with Crippen LogP contribution in [0.25, 0.3) is 28.2 Å². The van der Waals surface area contributed by atoms with Gasteiger partial charge < -0.3 is 4.57 Å². The quantitative estimate of drug-likeness (QED) is 0.223. The van der Waals surface area contributed by atoms with Crippen LogP contribution < -0.4 is 5.43 Å². The van der Waals surface area contributed by atoms with Crippen molar-refractivity contribution in [2.45, 2.75) is 0 Å². The van der Waals surface area contributed by atoms with Crippen molar-refractivity contribution in [3.63, 3.8) is 0 Å². The molecule has 4 nitrogen and oxygen atoms in total. The zero-order valence-electron chi connectivity index (χ0n) is 18.8. The Morgan fingerprint density at radius 3 is 2.03 bits per heavy atom. The molecule has 1 aromatic heterocycles. The van der Waals surface area contributed by atoms with Gasteiger partial charge in [0, 0.05) is 16.8 Å².